The second-order valence-corrected chi connectivity index (χ2v) is 4.23. The van der Waals surface area contributed by atoms with Gasteiger partial charge in [0, 0.05) is 32.6 Å². The summed E-state index contributed by atoms with van der Waals surface area (Å²) in [6.45, 7) is 7.18. The van der Waals surface area contributed by atoms with Crippen molar-refractivity contribution in [3.8, 4) is 0 Å². The van der Waals surface area contributed by atoms with Gasteiger partial charge in [-0.2, -0.15) is 0 Å². The first-order valence-corrected chi connectivity index (χ1v) is 6.56. The first-order valence-electron chi connectivity index (χ1n) is 6.56. The van der Waals surface area contributed by atoms with Crippen LogP contribution in [0.15, 0.2) is 12.3 Å². The van der Waals surface area contributed by atoms with Crippen LogP contribution in [0.1, 0.15) is 33.1 Å². The van der Waals surface area contributed by atoms with E-state index in [1.165, 1.54) is 0 Å². The van der Waals surface area contributed by atoms with Crippen LogP contribution in [0.4, 0.5) is 0 Å². The van der Waals surface area contributed by atoms with Crippen molar-refractivity contribution in [1.29, 1.82) is 0 Å². The van der Waals surface area contributed by atoms with Gasteiger partial charge >= 0.3 is 0 Å². The summed E-state index contributed by atoms with van der Waals surface area (Å²) in [6, 6.07) is 0. The van der Waals surface area contributed by atoms with E-state index in [-0.39, 0.29) is 12.0 Å². The van der Waals surface area contributed by atoms with Crippen LogP contribution in [0.2, 0.25) is 0 Å². The van der Waals surface area contributed by atoms with E-state index in [4.69, 9.17) is 4.74 Å². The van der Waals surface area contributed by atoms with Crippen LogP contribution >= 0.6 is 0 Å². The summed E-state index contributed by atoms with van der Waals surface area (Å²) in [5, 5.41) is 3.28. The van der Waals surface area contributed by atoms with E-state index in [1.807, 2.05) is 24.8 Å². The minimum absolute atomic E-state index is 0.229. The van der Waals surface area contributed by atoms with Crippen LogP contribution in [-0.2, 0) is 9.53 Å². The van der Waals surface area contributed by atoms with Gasteiger partial charge in [-0.05, 0) is 32.8 Å². The lowest BCUT2D eigenvalue weighted by atomic mass is 10.1. The minimum atomic E-state index is 0.229. The Hall–Kier alpha value is -1.03. The Morgan fingerprint density at radius 1 is 1.47 bits per heavy atom. The van der Waals surface area contributed by atoms with Crippen molar-refractivity contribution in [3.63, 3.8) is 0 Å². The van der Waals surface area contributed by atoms with E-state index < -0.39 is 0 Å². The molecule has 17 heavy (non-hydrogen) atoms. The van der Waals surface area contributed by atoms with Gasteiger partial charge in [0.2, 0.25) is 5.91 Å². The fraction of sp³-hybridized carbons (Fsp3) is 0.769. The maximum Gasteiger partial charge on any atom is 0.223 e. The summed E-state index contributed by atoms with van der Waals surface area (Å²) in [7, 11) is 0. The first kappa shape index (κ1) is 14.0. The lowest BCUT2D eigenvalue weighted by Crippen LogP contribution is -2.35. The number of carbonyl (C=O) groups is 1. The van der Waals surface area contributed by atoms with Crippen molar-refractivity contribution in [2.24, 2.45) is 0 Å². The summed E-state index contributed by atoms with van der Waals surface area (Å²) in [5.74, 6) is 0.229. The van der Waals surface area contributed by atoms with Crippen molar-refractivity contribution in [2.75, 3.05) is 26.2 Å². The van der Waals surface area contributed by atoms with Crippen molar-refractivity contribution in [3.05, 3.63) is 12.3 Å². The quantitative estimate of drug-likeness (QED) is 0.686. The van der Waals surface area contributed by atoms with Crippen molar-refractivity contribution in [2.45, 2.75) is 39.2 Å². The molecule has 98 valence electrons. The molecular weight excluding hydrogens is 216 g/mol. The lowest BCUT2D eigenvalue weighted by molar-refractivity contribution is -0.130. The summed E-state index contributed by atoms with van der Waals surface area (Å²) in [5.41, 5.74) is 0. The Bertz CT molecular complexity index is 250. The SMILES string of the molecule is CCN(CC)C(=O)CCNCC1CCC=CO1. The van der Waals surface area contributed by atoms with Gasteiger partial charge in [-0.1, -0.05) is 0 Å². The topological polar surface area (TPSA) is 41.6 Å². The molecule has 1 N–H and O–H groups in total. The Kier molecular flexibility index (Phi) is 6.70. The normalized spacial score (nSPS) is 18.8. The largest absolute Gasteiger partial charge is 0.497 e. The highest BCUT2D eigenvalue weighted by atomic mass is 16.5. The zero-order chi connectivity index (χ0) is 12.5. The third-order valence-corrected chi connectivity index (χ3v) is 3.03. The Balaban J connectivity index is 2.07. The maximum absolute atomic E-state index is 11.7. The number of rotatable bonds is 7. The monoisotopic (exact) mass is 240 g/mol. The third-order valence-electron chi connectivity index (χ3n) is 3.03. The summed E-state index contributed by atoms with van der Waals surface area (Å²) in [6.07, 6.45) is 6.81. The molecule has 0 aromatic heterocycles. The molecule has 1 aliphatic heterocycles. The molecule has 1 rings (SSSR count). The molecule has 0 aromatic carbocycles. The number of ether oxygens (including phenoxy) is 1. The summed E-state index contributed by atoms with van der Waals surface area (Å²) in [4.78, 5) is 13.6. The van der Waals surface area contributed by atoms with Gasteiger partial charge in [0.15, 0.2) is 0 Å². The van der Waals surface area contributed by atoms with Gasteiger partial charge in [-0.15, -0.1) is 0 Å². The molecule has 0 bridgehead atoms. The molecule has 1 aliphatic rings. The standard InChI is InChI=1S/C13H24N2O2/c1-3-15(4-2)13(16)8-9-14-11-12-7-5-6-10-17-12/h6,10,12,14H,3-5,7-9,11H2,1-2H3. The first-order chi connectivity index (χ1) is 8.27. The van der Waals surface area contributed by atoms with Gasteiger partial charge in [0.25, 0.3) is 0 Å². The van der Waals surface area contributed by atoms with Crippen LogP contribution in [0.3, 0.4) is 0 Å². The molecule has 0 spiro atoms. The number of nitrogens with zero attached hydrogens (tertiary/aromatic N) is 1. The summed E-state index contributed by atoms with van der Waals surface area (Å²) >= 11 is 0. The van der Waals surface area contributed by atoms with Crippen molar-refractivity contribution >= 4 is 5.91 Å². The lowest BCUT2D eigenvalue weighted by Gasteiger charge is -2.21. The van der Waals surface area contributed by atoms with E-state index in [1.54, 1.807) is 6.26 Å². The molecule has 1 amide bonds. The van der Waals surface area contributed by atoms with Gasteiger partial charge in [-0.25, -0.2) is 0 Å². The summed E-state index contributed by atoms with van der Waals surface area (Å²) < 4.78 is 5.44. The number of hydrogen-bond acceptors (Lipinski definition) is 3. The predicted octanol–water partition coefficient (Wildman–Crippen LogP) is 1.53. The molecular formula is C13H24N2O2. The highest BCUT2D eigenvalue weighted by Crippen LogP contribution is 2.08. The fourth-order valence-corrected chi connectivity index (χ4v) is 1.93. The van der Waals surface area contributed by atoms with E-state index in [0.29, 0.717) is 6.42 Å². The zero-order valence-corrected chi connectivity index (χ0v) is 10.9. The van der Waals surface area contributed by atoms with Gasteiger partial charge < -0.3 is 15.0 Å². The molecule has 1 unspecified atom stereocenters. The van der Waals surface area contributed by atoms with E-state index in [9.17, 15) is 4.79 Å². The average molecular weight is 240 g/mol. The molecule has 0 saturated heterocycles. The van der Waals surface area contributed by atoms with E-state index >= 15 is 0 Å². The number of amides is 1. The third kappa shape index (κ3) is 5.22. The Morgan fingerprint density at radius 3 is 2.82 bits per heavy atom. The number of allylic oxidation sites excluding steroid dienone is 1. The second-order valence-electron chi connectivity index (χ2n) is 4.23. The van der Waals surface area contributed by atoms with Crippen LogP contribution in [0.25, 0.3) is 0 Å². The van der Waals surface area contributed by atoms with Crippen molar-refractivity contribution < 1.29 is 9.53 Å². The molecule has 0 aromatic rings. The average Bonchev–Trinajstić information content (AvgIpc) is 2.37. The van der Waals surface area contributed by atoms with Crippen LogP contribution in [-0.4, -0.2) is 43.1 Å². The van der Waals surface area contributed by atoms with Gasteiger partial charge in [0.1, 0.15) is 6.10 Å². The highest BCUT2D eigenvalue weighted by molar-refractivity contribution is 5.76. The molecule has 4 nitrogen and oxygen atoms in total. The van der Waals surface area contributed by atoms with E-state index in [2.05, 4.69) is 5.32 Å². The number of hydrogen-bond donors (Lipinski definition) is 1. The predicted molar refractivity (Wildman–Crippen MR) is 68.7 cm³/mol. The number of carbonyl (C=O) groups excluding carboxylic acids is 1. The minimum Gasteiger partial charge on any atom is -0.497 e. The van der Waals surface area contributed by atoms with Crippen LogP contribution < -0.4 is 5.32 Å². The molecule has 1 heterocycles. The molecule has 0 saturated carbocycles. The zero-order valence-electron chi connectivity index (χ0n) is 10.9. The number of nitrogens with one attached hydrogen (secondary N) is 1. The molecule has 0 radical (unpaired) electrons. The second kappa shape index (κ2) is 8.12. The maximum atomic E-state index is 11.7. The molecule has 0 aliphatic carbocycles. The molecule has 4 heteroatoms. The van der Waals surface area contributed by atoms with Gasteiger partial charge in [-0.3, -0.25) is 4.79 Å². The highest BCUT2D eigenvalue weighted by Gasteiger charge is 2.11. The van der Waals surface area contributed by atoms with E-state index in [0.717, 1.165) is 39.0 Å². The molecule has 0 fully saturated rings. The molecule has 1 atom stereocenters. The van der Waals surface area contributed by atoms with Gasteiger partial charge in [0.05, 0.1) is 6.26 Å². The smallest absolute Gasteiger partial charge is 0.223 e. The fourth-order valence-electron chi connectivity index (χ4n) is 1.93. The van der Waals surface area contributed by atoms with Crippen molar-refractivity contribution in [1.82, 2.24) is 10.2 Å². The van der Waals surface area contributed by atoms with Crippen LogP contribution in [0, 0.1) is 0 Å². The Labute approximate surface area is 104 Å². The van der Waals surface area contributed by atoms with Crippen LogP contribution in [0.5, 0.6) is 0 Å². The Morgan fingerprint density at radius 2 is 2.24 bits per heavy atom.